The first-order valence-electron chi connectivity index (χ1n) is 8.73. The van der Waals surface area contributed by atoms with Crippen LogP contribution in [0.25, 0.3) is 17.5 Å². The molecule has 0 amide bonds. The lowest BCUT2D eigenvalue weighted by molar-refractivity contribution is 0.906. The van der Waals surface area contributed by atoms with Gasteiger partial charge in [0, 0.05) is 10.0 Å². The number of rotatable bonds is 2. The number of benzene rings is 2. The number of fused-ring (bicyclic) bond motifs is 1. The number of hydrogen-bond acceptors (Lipinski definition) is 5. The fraction of sp³-hybridized carbons (Fsp3) is 0.0455. The monoisotopic (exact) mass is 450 g/mol. The van der Waals surface area contributed by atoms with Gasteiger partial charge in [-0.15, -0.1) is 11.3 Å². The van der Waals surface area contributed by atoms with Crippen molar-refractivity contribution >= 4 is 52.0 Å². The molecule has 4 rings (SSSR count). The van der Waals surface area contributed by atoms with Crippen molar-refractivity contribution in [2.75, 3.05) is 0 Å². The van der Waals surface area contributed by atoms with Crippen LogP contribution in [0.5, 0.6) is 0 Å². The van der Waals surface area contributed by atoms with E-state index in [0.29, 0.717) is 30.4 Å². The van der Waals surface area contributed by atoms with Crippen LogP contribution in [0.15, 0.2) is 58.9 Å². The van der Waals surface area contributed by atoms with Crippen molar-refractivity contribution in [1.29, 1.82) is 10.5 Å². The summed E-state index contributed by atoms with van der Waals surface area (Å²) in [5, 5.41) is 20.8. The van der Waals surface area contributed by atoms with Crippen LogP contribution in [0.4, 0.5) is 0 Å². The largest absolute Gasteiger partial charge is 0.384 e. The Morgan fingerprint density at radius 1 is 0.967 bits per heavy atom. The van der Waals surface area contributed by atoms with Crippen molar-refractivity contribution in [2.24, 2.45) is 5.73 Å². The molecule has 3 aromatic rings. The molecular formula is C22H12Cl2N4OS. The van der Waals surface area contributed by atoms with E-state index in [-0.39, 0.29) is 17.0 Å². The van der Waals surface area contributed by atoms with E-state index in [1.54, 1.807) is 54.6 Å². The van der Waals surface area contributed by atoms with Crippen molar-refractivity contribution in [3.63, 3.8) is 0 Å². The van der Waals surface area contributed by atoms with Gasteiger partial charge in [0.15, 0.2) is 0 Å². The quantitative estimate of drug-likeness (QED) is 0.648. The molecule has 8 heteroatoms. The normalized spacial score (nSPS) is 16.2. The molecule has 0 fully saturated rings. The molecule has 0 aliphatic carbocycles. The van der Waals surface area contributed by atoms with Crippen LogP contribution in [0.1, 0.15) is 17.0 Å². The van der Waals surface area contributed by atoms with E-state index >= 15 is 0 Å². The summed E-state index contributed by atoms with van der Waals surface area (Å²) in [6.45, 7) is 0. The Labute approximate surface area is 185 Å². The first-order valence-corrected chi connectivity index (χ1v) is 10.3. The predicted octanol–water partition coefficient (Wildman–Crippen LogP) is 3.17. The molecule has 0 bridgehead atoms. The van der Waals surface area contributed by atoms with Gasteiger partial charge in [-0.2, -0.15) is 10.5 Å². The van der Waals surface area contributed by atoms with Gasteiger partial charge in [-0.3, -0.25) is 9.36 Å². The van der Waals surface area contributed by atoms with Gasteiger partial charge in [0.2, 0.25) is 0 Å². The molecule has 1 aliphatic rings. The van der Waals surface area contributed by atoms with Crippen LogP contribution in [0, 0.1) is 22.7 Å². The summed E-state index contributed by atoms with van der Waals surface area (Å²) in [5.74, 6) is -0.637. The van der Waals surface area contributed by atoms with E-state index in [2.05, 4.69) is 12.1 Å². The van der Waals surface area contributed by atoms with E-state index in [4.69, 9.17) is 28.9 Å². The van der Waals surface area contributed by atoms with Crippen LogP contribution in [0.3, 0.4) is 0 Å². The molecule has 1 atom stereocenters. The van der Waals surface area contributed by atoms with Crippen molar-refractivity contribution in [2.45, 2.75) is 5.92 Å². The Kier molecular flexibility index (Phi) is 5.24. The molecule has 0 radical (unpaired) electrons. The zero-order valence-electron chi connectivity index (χ0n) is 15.3. The fourth-order valence-corrected chi connectivity index (χ4v) is 4.73. The Bertz CT molecular complexity index is 1450. The number of allylic oxidation sites excluding steroid dienone is 1. The number of nitrogens with two attached hydrogens (primary N) is 1. The molecule has 1 aliphatic heterocycles. The number of nitrogens with zero attached hydrogens (tertiary/aromatic N) is 3. The zero-order chi connectivity index (χ0) is 21.4. The number of hydrogen-bond donors (Lipinski definition) is 1. The highest BCUT2D eigenvalue weighted by molar-refractivity contribution is 7.07. The van der Waals surface area contributed by atoms with Gasteiger partial charge in [-0.05, 0) is 41.5 Å². The van der Waals surface area contributed by atoms with Crippen molar-refractivity contribution in [3.05, 3.63) is 94.8 Å². The summed E-state index contributed by atoms with van der Waals surface area (Å²) in [6.07, 6.45) is 1.71. The number of aromatic nitrogens is 1. The van der Waals surface area contributed by atoms with Crippen molar-refractivity contribution < 1.29 is 0 Å². The second-order valence-electron chi connectivity index (χ2n) is 6.53. The zero-order valence-corrected chi connectivity index (χ0v) is 17.6. The van der Waals surface area contributed by atoms with E-state index in [9.17, 15) is 15.3 Å². The Hall–Kier alpha value is -3.29. The van der Waals surface area contributed by atoms with Gasteiger partial charge in [0.1, 0.15) is 10.5 Å². The third-order valence-electron chi connectivity index (χ3n) is 4.76. The lowest BCUT2D eigenvalue weighted by atomic mass is 9.84. The van der Waals surface area contributed by atoms with Gasteiger partial charge < -0.3 is 5.73 Å². The second kappa shape index (κ2) is 7.85. The topological polar surface area (TPSA) is 95.6 Å². The van der Waals surface area contributed by atoms with Crippen molar-refractivity contribution in [3.8, 4) is 12.1 Å². The Morgan fingerprint density at radius 3 is 2.10 bits per heavy atom. The molecule has 2 N–H and O–H groups in total. The minimum absolute atomic E-state index is 0.0310. The summed E-state index contributed by atoms with van der Waals surface area (Å²) in [6, 6.07) is 18.2. The van der Waals surface area contributed by atoms with Crippen LogP contribution in [0.2, 0.25) is 10.0 Å². The standard InChI is InChI=1S/C22H12Cl2N4OS/c23-14-5-1-12(2-6-14)9-18-21(29)28-20(27)16(10-25)19(17(11-26)22(28)30-18)13-3-7-15(24)8-4-13/h1-9,19H,27H2. The highest BCUT2D eigenvalue weighted by Gasteiger charge is 2.32. The van der Waals surface area contributed by atoms with E-state index in [1.807, 2.05) is 0 Å². The highest BCUT2D eigenvalue weighted by Crippen LogP contribution is 2.35. The third-order valence-corrected chi connectivity index (χ3v) is 6.37. The molecule has 0 spiro atoms. The number of nitriles is 2. The van der Waals surface area contributed by atoms with E-state index in [0.717, 1.165) is 16.9 Å². The summed E-state index contributed by atoms with van der Waals surface area (Å²) in [5.41, 5.74) is 7.80. The summed E-state index contributed by atoms with van der Waals surface area (Å²) >= 11 is 13.1. The SMILES string of the molecule is N#CC1=C(N)n2c(sc(=Cc3ccc(Cl)cc3)c2=O)=C(C#N)C1c1ccc(Cl)cc1. The maximum atomic E-state index is 13.1. The lowest BCUT2D eigenvalue weighted by Crippen LogP contribution is -2.38. The van der Waals surface area contributed by atoms with E-state index in [1.165, 1.54) is 4.57 Å². The van der Waals surface area contributed by atoms with Gasteiger partial charge in [-0.1, -0.05) is 47.5 Å². The fourth-order valence-electron chi connectivity index (χ4n) is 3.35. The first kappa shape index (κ1) is 20.0. The second-order valence-corrected chi connectivity index (χ2v) is 8.43. The van der Waals surface area contributed by atoms with Crippen LogP contribution < -0.4 is 20.5 Å². The lowest BCUT2D eigenvalue weighted by Gasteiger charge is -2.22. The molecule has 0 saturated heterocycles. The molecule has 146 valence electrons. The van der Waals surface area contributed by atoms with Gasteiger partial charge >= 0.3 is 0 Å². The average Bonchev–Trinajstić information content (AvgIpc) is 3.06. The van der Waals surface area contributed by atoms with Crippen LogP contribution in [-0.4, -0.2) is 4.57 Å². The Balaban J connectivity index is 2.04. The summed E-state index contributed by atoms with van der Waals surface area (Å²) in [4.78, 5) is 13.1. The van der Waals surface area contributed by atoms with Crippen LogP contribution >= 0.6 is 34.5 Å². The Morgan fingerprint density at radius 2 is 1.53 bits per heavy atom. The average molecular weight is 451 g/mol. The summed E-state index contributed by atoms with van der Waals surface area (Å²) in [7, 11) is 0. The number of thiazole rings is 1. The van der Waals surface area contributed by atoms with Gasteiger partial charge in [-0.25, -0.2) is 0 Å². The highest BCUT2D eigenvalue weighted by atomic mass is 35.5. The molecule has 30 heavy (non-hydrogen) atoms. The molecule has 0 saturated carbocycles. The maximum absolute atomic E-state index is 13.1. The minimum Gasteiger partial charge on any atom is -0.384 e. The minimum atomic E-state index is -0.668. The van der Waals surface area contributed by atoms with Crippen molar-refractivity contribution in [1.82, 2.24) is 4.57 Å². The molecule has 2 heterocycles. The third kappa shape index (κ3) is 3.32. The molecule has 1 unspecified atom stereocenters. The molecular weight excluding hydrogens is 439 g/mol. The van der Waals surface area contributed by atoms with E-state index < -0.39 is 5.92 Å². The van der Waals surface area contributed by atoms with Crippen LogP contribution in [-0.2, 0) is 0 Å². The maximum Gasteiger partial charge on any atom is 0.274 e. The van der Waals surface area contributed by atoms with Gasteiger partial charge in [0.05, 0.1) is 33.7 Å². The predicted molar refractivity (Wildman–Crippen MR) is 119 cm³/mol. The smallest absolute Gasteiger partial charge is 0.274 e. The van der Waals surface area contributed by atoms with Gasteiger partial charge in [0.25, 0.3) is 5.56 Å². The first-order chi connectivity index (χ1) is 14.4. The molecule has 2 aromatic carbocycles. The number of halogens is 2. The summed E-state index contributed by atoms with van der Waals surface area (Å²) < 4.78 is 2.06. The molecule has 1 aromatic heterocycles. The molecule has 5 nitrogen and oxygen atoms in total.